The van der Waals surface area contributed by atoms with Crippen LogP contribution in [0.3, 0.4) is 0 Å². The SMILES string of the molecule is CC(=O)O[C@@H]1C[C@]2(C)[C@@H]([C@H](C)CCC(=O)O)CC[C@H]2[C@@H]2CCC3=CC(=O)CC[C@]3(C)[C@H]21. The Bertz CT molecular complexity index is 800. The zero-order chi connectivity index (χ0) is 22.6. The third-order valence-corrected chi connectivity index (χ3v) is 9.76. The highest BCUT2D eigenvalue weighted by Gasteiger charge is 2.63. The van der Waals surface area contributed by atoms with Crippen LogP contribution in [-0.4, -0.2) is 28.9 Å². The molecule has 0 aliphatic heterocycles. The van der Waals surface area contributed by atoms with Gasteiger partial charge < -0.3 is 9.84 Å². The quantitative estimate of drug-likeness (QED) is 0.608. The summed E-state index contributed by atoms with van der Waals surface area (Å²) in [5.74, 6) is 1.47. The van der Waals surface area contributed by atoms with E-state index in [0.29, 0.717) is 36.5 Å². The molecule has 172 valence electrons. The molecule has 0 aromatic carbocycles. The minimum Gasteiger partial charge on any atom is -0.481 e. The molecule has 0 spiro atoms. The standard InChI is InChI=1S/C26H38O5/c1-15(5-10-23(29)30)20-8-9-21-19-7-6-17-13-18(28)11-12-25(17,3)24(19)22(31-16(2)27)14-26(20,21)4/h13,15,19-22,24H,5-12,14H2,1-4H3,(H,29,30)/t15-,19+,20-,21+,22-,24-,25+,26-/m1/s1. The predicted octanol–water partition coefficient (Wildman–Crippen LogP) is 5.18. The fraction of sp³-hybridized carbons (Fsp3) is 0.808. The molecule has 31 heavy (non-hydrogen) atoms. The van der Waals surface area contributed by atoms with Crippen LogP contribution in [0.2, 0.25) is 0 Å². The Balaban J connectivity index is 1.67. The number of hydrogen-bond donors (Lipinski definition) is 1. The largest absolute Gasteiger partial charge is 0.481 e. The van der Waals surface area contributed by atoms with Crippen LogP contribution in [0.25, 0.3) is 0 Å². The second-order valence-electron chi connectivity index (χ2n) is 11.3. The summed E-state index contributed by atoms with van der Waals surface area (Å²) in [5, 5.41) is 9.17. The summed E-state index contributed by atoms with van der Waals surface area (Å²) < 4.78 is 6.06. The van der Waals surface area contributed by atoms with E-state index in [-0.39, 0.29) is 41.0 Å². The zero-order valence-electron chi connectivity index (χ0n) is 19.5. The van der Waals surface area contributed by atoms with Crippen LogP contribution in [0.1, 0.15) is 85.5 Å². The van der Waals surface area contributed by atoms with E-state index in [2.05, 4.69) is 20.8 Å². The number of allylic oxidation sites excluding steroid dienone is 1. The summed E-state index contributed by atoms with van der Waals surface area (Å²) in [6, 6.07) is 0. The molecular formula is C26H38O5. The van der Waals surface area contributed by atoms with Crippen LogP contribution in [0.4, 0.5) is 0 Å². The lowest BCUT2D eigenvalue weighted by Gasteiger charge is -2.60. The van der Waals surface area contributed by atoms with E-state index >= 15 is 0 Å². The molecule has 0 amide bonds. The second-order valence-corrected chi connectivity index (χ2v) is 11.3. The Morgan fingerprint density at radius 3 is 2.65 bits per heavy atom. The molecule has 4 aliphatic rings. The number of fused-ring (bicyclic) bond motifs is 5. The number of carbonyl (C=O) groups excluding carboxylic acids is 2. The molecule has 8 atom stereocenters. The highest BCUT2D eigenvalue weighted by atomic mass is 16.5. The number of ketones is 1. The van der Waals surface area contributed by atoms with Gasteiger partial charge in [-0.05, 0) is 85.5 Å². The van der Waals surface area contributed by atoms with E-state index in [1.54, 1.807) is 0 Å². The fourth-order valence-electron chi connectivity index (χ4n) is 8.50. The normalized spacial score (nSPS) is 42.6. The van der Waals surface area contributed by atoms with Crippen molar-refractivity contribution in [2.75, 3.05) is 0 Å². The van der Waals surface area contributed by atoms with Crippen molar-refractivity contribution < 1.29 is 24.2 Å². The van der Waals surface area contributed by atoms with Gasteiger partial charge in [0.25, 0.3) is 0 Å². The first-order chi connectivity index (χ1) is 14.6. The molecule has 0 saturated heterocycles. The maximum absolute atomic E-state index is 12.1. The van der Waals surface area contributed by atoms with Crippen LogP contribution in [0.15, 0.2) is 11.6 Å². The molecule has 0 aromatic heterocycles. The minimum absolute atomic E-state index is 0.0642. The van der Waals surface area contributed by atoms with Crippen LogP contribution >= 0.6 is 0 Å². The Labute approximate surface area is 186 Å². The fourth-order valence-corrected chi connectivity index (χ4v) is 8.50. The maximum Gasteiger partial charge on any atom is 0.303 e. The van der Waals surface area contributed by atoms with Gasteiger partial charge in [-0.2, -0.15) is 0 Å². The van der Waals surface area contributed by atoms with Gasteiger partial charge in [0.2, 0.25) is 0 Å². The number of esters is 1. The van der Waals surface area contributed by atoms with Gasteiger partial charge in [0.1, 0.15) is 6.10 Å². The number of aliphatic carboxylic acids is 1. The van der Waals surface area contributed by atoms with Gasteiger partial charge in [-0.15, -0.1) is 0 Å². The van der Waals surface area contributed by atoms with Crippen molar-refractivity contribution in [1.82, 2.24) is 0 Å². The average molecular weight is 431 g/mol. The summed E-state index contributed by atoms with van der Waals surface area (Å²) in [6.07, 6.45) is 9.36. The van der Waals surface area contributed by atoms with Crippen LogP contribution in [0, 0.1) is 40.4 Å². The first-order valence-corrected chi connectivity index (χ1v) is 12.2. The predicted molar refractivity (Wildman–Crippen MR) is 117 cm³/mol. The first kappa shape index (κ1) is 22.5. The third-order valence-electron chi connectivity index (χ3n) is 9.76. The smallest absolute Gasteiger partial charge is 0.303 e. The number of ether oxygens (including phenoxy) is 1. The van der Waals surface area contributed by atoms with E-state index in [0.717, 1.165) is 32.1 Å². The van der Waals surface area contributed by atoms with Gasteiger partial charge in [-0.3, -0.25) is 14.4 Å². The first-order valence-electron chi connectivity index (χ1n) is 12.2. The molecule has 4 aliphatic carbocycles. The van der Waals surface area contributed by atoms with Crippen molar-refractivity contribution >= 4 is 17.7 Å². The number of rotatable bonds is 5. The van der Waals surface area contributed by atoms with Gasteiger partial charge >= 0.3 is 11.9 Å². The summed E-state index contributed by atoms with van der Waals surface area (Å²) >= 11 is 0. The zero-order valence-corrected chi connectivity index (χ0v) is 19.5. The number of carboxylic acid groups (broad SMARTS) is 1. The highest BCUT2D eigenvalue weighted by molar-refractivity contribution is 5.91. The van der Waals surface area contributed by atoms with Crippen molar-refractivity contribution in [1.29, 1.82) is 0 Å². The molecule has 3 saturated carbocycles. The molecule has 5 nitrogen and oxygen atoms in total. The Morgan fingerprint density at radius 2 is 1.97 bits per heavy atom. The Morgan fingerprint density at radius 1 is 1.23 bits per heavy atom. The molecule has 1 N–H and O–H groups in total. The minimum atomic E-state index is -0.723. The summed E-state index contributed by atoms with van der Waals surface area (Å²) in [6.45, 7) is 8.42. The van der Waals surface area contributed by atoms with Crippen molar-refractivity contribution in [2.24, 2.45) is 40.4 Å². The molecular weight excluding hydrogens is 392 g/mol. The summed E-state index contributed by atoms with van der Waals surface area (Å²) in [7, 11) is 0. The van der Waals surface area contributed by atoms with E-state index in [9.17, 15) is 14.4 Å². The molecule has 5 heteroatoms. The monoisotopic (exact) mass is 430 g/mol. The molecule has 0 unspecified atom stereocenters. The van der Waals surface area contributed by atoms with Crippen molar-refractivity contribution in [2.45, 2.75) is 91.6 Å². The van der Waals surface area contributed by atoms with Crippen LogP contribution in [0.5, 0.6) is 0 Å². The van der Waals surface area contributed by atoms with Crippen molar-refractivity contribution in [3.8, 4) is 0 Å². The molecule has 3 fully saturated rings. The van der Waals surface area contributed by atoms with E-state index < -0.39 is 5.97 Å². The number of carbonyl (C=O) groups is 3. The highest BCUT2D eigenvalue weighted by Crippen LogP contribution is 2.68. The molecule has 0 bridgehead atoms. The Kier molecular flexibility index (Phi) is 5.85. The van der Waals surface area contributed by atoms with Gasteiger partial charge in [0, 0.05) is 25.7 Å². The molecule has 0 radical (unpaired) electrons. The molecule has 0 heterocycles. The van der Waals surface area contributed by atoms with E-state index in [4.69, 9.17) is 9.84 Å². The summed E-state index contributed by atoms with van der Waals surface area (Å²) in [5.41, 5.74) is 1.28. The lowest BCUT2D eigenvalue weighted by atomic mass is 9.45. The third kappa shape index (κ3) is 3.76. The van der Waals surface area contributed by atoms with Gasteiger partial charge in [0.15, 0.2) is 5.78 Å². The lowest BCUT2D eigenvalue weighted by Crippen LogP contribution is -2.57. The number of hydrogen-bond acceptors (Lipinski definition) is 4. The van der Waals surface area contributed by atoms with Gasteiger partial charge in [0.05, 0.1) is 0 Å². The van der Waals surface area contributed by atoms with Gasteiger partial charge in [-0.1, -0.05) is 26.3 Å². The topological polar surface area (TPSA) is 80.7 Å². The van der Waals surface area contributed by atoms with E-state index in [1.165, 1.54) is 18.9 Å². The van der Waals surface area contributed by atoms with E-state index in [1.807, 2.05) is 6.08 Å². The summed E-state index contributed by atoms with van der Waals surface area (Å²) in [4.78, 5) is 35.4. The van der Waals surface area contributed by atoms with Gasteiger partial charge in [-0.25, -0.2) is 0 Å². The van der Waals surface area contributed by atoms with Crippen LogP contribution < -0.4 is 0 Å². The maximum atomic E-state index is 12.1. The van der Waals surface area contributed by atoms with Crippen molar-refractivity contribution in [3.63, 3.8) is 0 Å². The second kappa shape index (κ2) is 8.04. The number of carboxylic acids is 1. The molecule has 0 aromatic rings. The Hall–Kier alpha value is -1.65. The van der Waals surface area contributed by atoms with Crippen LogP contribution in [-0.2, 0) is 19.1 Å². The molecule has 4 rings (SSSR count). The van der Waals surface area contributed by atoms with Crippen molar-refractivity contribution in [3.05, 3.63) is 11.6 Å². The lowest BCUT2D eigenvalue weighted by molar-refractivity contribution is -0.177. The average Bonchev–Trinajstić information content (AvgIpc) is 3.02.